The Hall–Kier alpha value is -2.93. The van der Waals surface area contributed by atoms with Crippen LogP contribution in [0, 0.1) is 7.14 Å². The van der Waals surface area contributed by atoms with Crippen molar-refractivity contribution in [1.29, 1.82) is 0 Å². The highest BCUT2D eigenvalue weighted by Crippen LogP contribution is 2.37. The molecule has 1 atom stereocenters. The molecule has 1 aliphatic heterocycles. The lowest BCUT2D eigenvalue weighted by atomic mass is 9.93. The maximum absolute atomic E-state index is 13.4. The number of carboxylic acid groups (broad SMARTS) is 1. The maximum atomic E-state index is 13.4. The molecule has 196 valence electrons. The van der Waals surface area contributed by atoms with Gasteiger partial charge in [0, 0.05) is 18.5 Å². The third-order valence-corrected chi connectivity index (χ3v) is 8.07. The summed E-state index contributed by atoms with van der Waals surface area (Å²) in [4.78, 5) is 39.2. The van der Waals surface area contributed by atoms with E-state index in [0.717, 1.165) is 29.4 Å². The van der Waals surface area contributed by atoms with Gasteiger partial charge >= 0.3 is 11.9 Å². The number of ether oxygens (including phenoxy) is 2. The first-order valence-electron chi connectivity index (χ1n) is 11.8. The molecule has 3 aromatic carbocycles. The number of nitrogens with zero attached hydrogens (tertiary/aromatic N) is 1. The van der Waals surface area contributed by atoms with Crippen molar-refractivity contribution in [3.63, 3.8) is 0 Å². The van der Waals surface area contributed by atoms with Crippen LogP contribution in [0.2, 0.25) is 0 Å². The molecule has 38 heavy (non-hydrogen) atoms. The Labute approximate surface area is 248 Å². The highest BCUT2D eigenvalue weighted by Gasteiger charge is 2.37. The predicted octanol–water partition coefficient (Wildman–Crippen LogP) is 5.46. The number of carbonyl (C=O) groups excluding carboxylic acids is 2. The molecule has 3 aromatic rings. The summed E-state index contributed by atoms with van der Waals surface area (Å²) in [5.74, 6) is -1.38. The minimum atomic E-state index is -1.05. The number of hydrogen-bond donors (Lipinski definition) is 1. The van der Waals surface area contributed by atoms with Gasteiger partial charge in [0.05, 0.1) is 7.14 Å². The summed E-state index contributed by atoms with van der Waals surface area (Å²) >= 11 is 4.26. The van der Waals surface area contributed by atoms with Gasteiger partial charge in [0.25, 0.3) is 5.91 Å². The summed E-state index contributed by atoms with van der Waals surface area (Å²) in [6.07, 6.45) is 1.94. The average Bonchev–Trinajstić information content (AvgIpc) is 2.91. The zero-order valence-electron chi connectivity index (χ0n) is 20.5. The minimum Gasteiger partial charge on any atom is -0.480 e. The molecule has 0 radical (unpaired) electrons. The van der Waals surface area contributed by atoms with Gasteiger partial charge in [-0.3, -0.25) is 4.79 Å². The van der Waals surface area contributed by atoms with E-state index in [1.54, 1.807) is 13.0 Å². The van der Waals surface area contributed by atoms with Gasteiger partial charge in [-0.15, -0.1) is 0 Å². The maximum Gasteiger partial charge on any atom is 0.344 e. The minimum absolute atomic E-state index is 0.120. The first kappa shape index (κ1) is 28.1. The third-order valence-electron chi connectivity index (χ3n) is 6.13. The van der Waals surface area contributed by atoms with Crippen molar-refractivity contribution in [2.45, 2.75) is 32.5 Å². The van der Waals surface area contributed by atoms with Crippen molar-refractivity contribution in [2.24, 2.45) is 0 Å². The molecule has 7 nitrogen and oxygen atoms in total. The molecule has 0 aromatic heterocycles. The number of carboxylic acids is 1. The van der Waals surface area contributed by atoms with Crippen LogP contribution in [0.1, 0.15) is 29.2 Å². The second-order valence-corrected chi connectivity index (χ2v) is 11.0. The van der Waals surface area contributed by atoms with Crippen LogP contribution in [-0.4, -0.2) is 40.5 Å². The first-order valence-corrected chi connectivity index (χ1v) is 14.0. The summed E-state index contributed by atoms with van der Waals surface area (Å²) < 4.78 is 12.7. The number of fused-ring (bicyclic) bond motifs is 1. The molecule has 1 N–H and O–H groups in total. The normalized spacial score (nSPS) is 15.0. The Morgan fingerprint density at radius 2 is 1.71 bits per heavy atom. The second-order valence-electron chi connectivity index (χ2n) is 8.80. The molecular weight excluding hydrogens is 712 g/mol. The van der Waals surface area contributed by atoms with Crippen molar-refractivity contribution in [3.05, 3.63) is 102 Å². The van der Waals surface area contributed by atoms with Gasteiger partial charge in [0.1, 0.15) is 18.4 Å². The lowest BCUT2D eigenvalue weighted by Crippen LogP contribution is -2.49. The van der Waals surface area contributed by atoms with Gasteiger partial charge in [-0.1, -0.05) is 60.7 Å². The number of benzene rings is 3. The van der Waals surface area contributed by atoms with Gasteiger partial charge in [-0.25, -0.2) is 9.59 Å². The molecule has 4 rings (SSSR count). The summed E-state index contributed by atoms with van der Waals surface area (Å²) in [6, 6.07) is 19.7. The van der Waals surface area contributed by atoms with Gasteiger partial charge in [-0.05, 0) is 86.5 Å². The van der Waals surface area contributed by atoms with Gasteiger partial charge < -0.3 is 19.5 Å². The number of hydrogen-bond acceptors (Lipinski definition) is 5. The van der Waals surface area contributed by atoms with E-state index >= 15 is 0 Å². The molecule has 0 spiro atoms. The fourth-order valence-electron chi connectivity index (χ4n) is 4.21. The highest BCUT2D eigenvalue weighted by molar-refractivity contribution is 14.1. The van der Waals surface area contributed by atoms with Gasteiger partial charge in [0.15, 0.2) is 6.61 Å². The Kier molecular flexibility index (Phi) is 9.42. The van der Waals surface area contributed by atoms with E-state index < -0.39 is 18.0 Å². The van der Waals surface area contributed by atoms with Crippen LogP contribution in [0.25, 0.3) is 6.08 Å². The Morgan fingerprint density at radius 1 is 1.05 bits per heavy atom. The van der Waals surface area contributed by atoms with Crippen LogP contribution < -0.4 is 4.74 Å². The largest absolute Gasteiger partial charge is 0.480 e. The van der Waals surface area contributed by atoms with Crippen molar-refractivity contribution in [1.82, 2.24) is 4.90 Å². The van der Waals surface area contributed by atoms with E-state index in [0.29, 0.717) is 11.3 Å². The number of halogens is 2. The second kappa shape index (κ2) is 12.7. The van der Waals surface area contributed by atoms with Crippen LogP contribution in [0.15, 0.2) is 72.3 Å². The van der Waals surface area contributed by atoms with Crippen LogP contribution in [0.4, 0.5) is 0 Å². The van der Waals surface area contributed by atoms with Crippen LogP contribution >= 0.6 is 45.2 Å². The van der Waals surface area contributed by atoms with Crippen molar-refractivity contribution in [2.75, 3.05) is 6.61 Å². The quantitative estimate of drug-likeness (QED) is 0.188. The van der Waals surface area contributed by atoms with Crippen LogP contribution in [-0.2, 0) is 38.7 Å². The molecule has 1 aliphatic rings. The fraction of sp³-hybridized carbons (Fsp3) is 0.207. The Bertz CT molecular complexity index is 1370. The molecule has 0 saturated heterocycles. The van der Waals surface area contributed by atoms with Crippen LogP contribution in [0.5, 0.6) is 5.75 Å². The predicted molar refractivity (Wildman–Crippen MR) is 159 cm³/mol. The number of aliphatic carboxylic acids is 1. The number of amides is 1. The van der Waals surface area contributed by atoms with Crippen molar-refractivity contribution in [3.8, 4) is 5.75 Å². The molecule has 1 amide bonds. The van der Waals surface area contributed by atoms with Gasteiger partial charge in [-0.2, -0.15) is 0 Å². The summed E-state index contributed by atoms with van der Waals surface area (Å²) in [7, 11) is 0. The lowest BCUT2D eigenvalue weighted by molar-refractivity contribution is -0.149. The summed E-state index contributed by atoms with van der Waals surface area (Å²) in [6.45, 7) is 1.70. The zero-order chi connectivity index (χ0) is 27.2. The van der Waals surface area contributed by atoms with Gasteiger partial charge in [0.2, 0.25) is 0 Å². The third kappa shape index (κ3) is 6.73. The first-order chi connectivity index (χ1) is 18.2. The molecule has 0 bridgehead atoms. The molecule has 0 fully saturated rings. The van der Waals surface area contributed by atoms with E-state index in [9.17, 15) is 19.5 Å². The monoisotopic (exact) mass is 737 g/mol. The van der Waals surface area contributed by atoms with E-state index in [1.807, 2.05) is 66.7 Å². The molecule has 0 unspecified atom stereocenters. The lowest BCUT2D eigenvalue weighted by Gasteiger charge is -2.35. The molecule has 9 heteroatoms. The van der Waals surface area contributed by atoms with Crippen molar-refractivity contribution < 1.29 is 29.0 Å². The summed E-state index contributed by atoms with van der Waals surface area (Å²) in [5.41, 5.74) is 3.86. The number of rotatable bonds is 8. The zero-order valence-corrected chi connectivity index (χ0v) is 24.8. The topological polar surface area (TPSA) is 93.1 Å². The SMILES string of the molecule is C/C(=C\c1ccccc1)C(=O)N1Cc2c(cc(I)c(OCC(=O)OCc3ccccc3)c2I)C[C@H]1C(=O)O. The molecule has 0 aliphatic carbocycles. The smallest absolute Gasteiger partial charge is 0.344 e. The average molecular weight is 737 g/mol. The van der Waals surface area contributed by atoms with E-state index in [-0.39, 0.29) is 32.1 Å². The Balaban J connectivity index is 1.52. The molecule has 1 heterocycles. The Morgan fingerprint density at radius 3 is 2.37 bits per heavy atom. The molecular formula is C29H25I2NO6. The van der Waals surface area contributed by atoms with Crippen LogP contribution in [0.3, 0.4) is 0 Å². The summed E-state index contributed by atoms with van der Waals surface area (Å²) in [5, 5.41) is 9.93. The van der Waals surface area contributed by atoms with E-state index in [2.05, 4.69) is 45.2 Å². The van der Waals surface area contributed by atoms with E-state index in [1.165, 1.54) is 4.90 Å². The fourth-order valence-corrected chi connectivity index (χ4v) is 6.49. The number of esters is 1. The van der Waals surface area contributed by atoms with Crippen molar-refractivity contribution >= 4 is 69.1 Å². The number of carbonyl (C=O) groups is 3. The standard InChI is InChI=1S/C29H25I2NO6/c1-18(12-19-8-4-2-5-9-19)28(34)32-15-22-21(14-24(32)29(35)36)13-23(30)27(26(22)31)38-17-25(33)37-16-20-10-6-3-7-11-20/h2-13,24H,14-17H2,1H3,(H,35,36)/b18-12+/t24-/m0/s1. The highest BCUT2D eigenvalue weighted by atomic mass is 127. The molecule has 0 saturated carbocycles. The van der Waals surface area contributed by atoms with E-state index in [4.69, 9.17) is 9.47 Å².